The van der Waals surface area contributed by atoms with Crippen LogP contribution in [0.5, 0.6) is 0 Å². The van der Waals surface area contributed by atoms with Gasteiger partial charge in [0.05, 0.1) is 12.0 Å². The second kappa shape index (κ2) is 4.10. The van der Waals surface area contributed by atoms with Crippen molar-refractivity contribution >= 4 is 28.5 Å². The van der Waals surface area contributed by atoms with Crippen LogP contribution < -0.4 is 5.32 Å². The minimum atomic E-state index is -0.551. The van der Waals surface area contributed by atoms with E-state index in [9.17, 15) is 9.59 Å². The van der Waals surface area contributed by atoms with Gasteiger partial charge < -0.3 is 15.0 Å². The quantitative estimate of drug-likeness (QED) is 0.825. The second-order valence-corrected chi connectivity index (χ2v) is 5.47. The SMILES string of the molecule is CCOC(=O)c1cc2cc3c(cc2[nH]1)NC(=O)C3(C)C. The summed E-state index contributed by atoms with van der Waals surface area (Å²) in [7, 11) is 0. The average Bonchev–Trinajstić information content (AvgIpc) is 2.88. The fourth-order valence-corrected chi connectivity index (χ4v) is 2.52. The highest BCUT2D eigenvalue weighted by atomic mass is 16.5. The van der Waals surface area contributed by atoms with Gasteiger partial charge in [-0.25, -0.2) is 4.79 Å². The van der Waals surface area contributed by atoms with E-state index in [4.69, 9.17) is 4.74 Å². The Morgan fingerprint density at radius 1 is 1.30 bits per heavy atom. The van der Waals surface area contributed by atoms with E-state index in [1.165, 1.54) is 0 Å². The molecule has 0 aliphatic carbocycles. The molecule has 3 rings (SSSR count). The fraction of sp³-hybridized carbons (Fsp3) is 0.333. The van der Waals surface area contributed by atoms with Crippen LogP contribution in [0, 0.1) is 0 Å². The van der Waals surface area contributed by atoms with Crippen LogP contribution in [-0.2, 0) is 14.9 Å². The third kappa shape index (κ3) is 1.70. The number of nitrogens with one attached hydrogen (secondary N) is 2. The monoisotopic (exact) mass is 272 g/mol. The summed E-state index contributed by atoms with van der Waals surface area (Å²) < 4.78 is 4.98. The molecule has 1 amide bonds. The Morgan fingerprint density at radius 3 is 2.75 bits per heavy atom. The first-order chi connectivity index (χ1) is 9.43. The van der Waals surface area contributed by atoms with Gasteiger partial charge in [0.25, 0.3) is 0 Å². The van der Waals surface area contributed by atoms with Crippen molar-refractivity contribution in [3.8, 4) is 0 Å². The first-order valence-electron chi connectivity index (χ1n) is 6.59. The van der Waals surface area contributed by atoms with Gasteiger partial charge in [0.15, 0.2) is 0 Å². The van der Waals surface area contributed by atoms with Crippen LogP contribution in [0.1, 0.15) is 36.8 Å². The molecule has 1 aliphatic heterocycles. The molecular formula is C15H16N2O3. The Balaban J connectivity index is 2.11. The average molecular weight is 272 g/mol. The van der Waals surface area contributed by atoms with Crippen LogP contribution in [0.25, 0.3) is 10.9 Å². The summed E-state index contributed by atoms with van der Waals surface area (Å²) in [5.74, 6) is -0.377. The molecule has 104 valence electrons. The fourth-order valence-electron chi connectivity index (χ4n) is 2.52. The zero-order chi connectivity index (χ0) is 14.5. The Morgan fingerprint density at radius 2 is 2.05 bits per heavy atom. The van der Waals surface area contributed by atoms with Crippen LogP contribution in [0.15, 0.2) is 18.2 Å². The molecule has 5 heteroatoms. The lowest BCUT2D eigenvalue weighted by atomic mass is 9.86. The van der Waals surface area contributed by atoms with Crippen molar-refractivity contribution in [2.45, 2.75) is 26.2 Å². The molecule has 0 unspecified atom stereocenters. The maximum Gasteiger partial charge on any atom is 0.354 e. The van der Waals surface area contributed by atoms with Crippen molar-refractivity contribution in [1.82, 2.24) is 4.98 Å². The Hall–Kier alpha value is -2.30. The number of hydrogen-bond acceptors (Lipinski definition) is 3. The topological polar surface area (TPSA) is 71.2 Å². The zero-order valence-electron chi connectivity index (χ0n) is 11.7. The summed E-state index contributed by atoms with van der Waals surface area (Å²) in [6, 6.07) is 5.56. The molecule has 1 aliphatic rings. The van der Waals surface area contributed by atoms with E-state index < -0.39 is 5.41 Å². The molecule has 5 nitrogen and oxygen atoms in total. The number of fused-ring (bicyclic) bond motifs is 2. The summed E-state index contributed by atoms with van der Waals surface area (Å²) in [6.07, 6.45) is 0. The highest BCUT2D eigenvalue weighted by Gasteiger charge is 2.38. The van der Waals surface area contributed by atoms with Gasteiger partial charge in [-0.2, -0.15) is 0 Å². The number of benzene rings is 1. The number of H-pyrrole nitrogens is 1. The third-order valence-corrected chi connectivity index (χ3v) is 3.74. The van der Waals surface area contributed by atoms with E-state index in [1.54, 1.807) is 13.0 Å². The molecule has 0 radical (unpaired) electrons. The molecule has 0 saturated carbocycles. The van der Waals surface area contributed by atoms with Crippen molar-refractivity contribution in [2.75, 3.05) is 11.9 Å². The van der Waals surface area contributed by atoms with Crippen molar-refractivity contribution in [2.24, 2.45) is 0 Å². The summed E-state index contributed by atoms with van der Waals surface area (Å²) >= 11 is 0. The van der Waals surface area contributed by atoms with Gasteiger partial charge in [0, 0.05) is 16.6 Å². The number of esters is 1. The zero-order valence-corrected chi connectivity index (χ0v) is 11.7. The molecule has 0 atom stereocenters. The van der Waals surface area contributed by atoms with E-state index in [1.807, 2.05) is 26.0 Å². The first kappa shape index (κ1) is 12.7. The van der Waals surface area contributed by atoms with Gasteiger partial charge in [-0.05, 0) is 44.5 Å². The standard InChI is InChI=1S/C15H16N2O3/c1-4-20-13(18)12-6-8-5-9-11(7-10(8)16-12)17-14(19)15(9,2)3/h5-7,16H,4H2,1-3H3,(H,17,19). The molecule has 2 N–H and O–H groups in total. The van der Waals surface area contributed by atoms with Gasteiger partial charge in [0.2, 0.25) is 5.91 Å². The molecule has 2 heterocycles. The molecule has 0 bridgehead atoms. The predicted octanol–water partition coefficient (Wildman–Crippen LogP) is 2.57. The van der Waals surface area contributed by atoms with Crippen molar-refractivity contribution in [3.63, 3.8) is 0 Å². The molecule has 1 aromatic heterocycles. The smallest absolute Gasteiger partial charge is 0.354 e. The van der Waals surface area contributed by atoms with Gasteiger partial charge in [-0.3, -0.25) is 4.79 Å². The lowest BCUT2D eigenvalue weighted by molar-refractivity contribution is -0.119. The summed E-state index contributed by atoms with van der Waals surface area (Å²) in [4.78, 5) is 26.7. The van der Waals surface area contributed by atoms with Crippen LogP contribution in [0.4, 0.5) is 5.69 Å². The van der Waals surface area contributed by atoms with E-state index in [0.29, 0.717) is 12.3 Å². The lowest BCUT2D eigenvalue weighted by Gasteiger charge is -2.14. The van der Waals surface area contributed by atoms with Crippen molar-refractivity contribution < 1.29 is 14.3 Å². The number of carbonyl (C=O) groups excluding carboxylic acids is 2. The molecule has 0 spiro atoms. The van der Waals surface area contributed by atoms with E-state index >= 15 is 0 Å². The van der Waals surface area contributed by atoms with Crippen LogP contribution in [-0.4, -0.2) is 23.5 Å². The van der Waals surface area contributed by atoms with Crippen molar-refractivity contribution in [3.05, 3.63) is 29.5 Å². The number of carbonyl (C=O) groups is 2. The van der Waals surface area contributed by atoms with Crippen LogP contribution in [0.3, 0.4) is 0 Å². The molecular weight excluding hydrogens is 256 g/mol. The first-order valence-corrected chi connectivity index (χ1v) is 6.59. The maximum absolute atomic E-state index is 11.9. The number of aromatic amines is 1. The van der Waals surface area contributed by atoms with Gasteiger partial charge >= 0.3 is 5.97 Å². The number of hydrogen-bond donors (Lipinski definition) is 2. The number of rotatable bonds is 2. The highest BCUT2D eigenvalue weighted by Crippen LogP contribution is 2.39. The maximum atomic E-state index is 11.9. The number of anilines is 1. The Labute approximate surface area is 116 Å². The van der Waals surface area contributed by atoms with Gasteiger partial charge in [-0.1, -0.05) is 0 Å². The van der Waals surface area contributed by atoms with Crippen LogP contribution >= 0.6 is 0 Å². The molecule has 2 aromatic rings. The van der Waals surface area contributed by atoms with E-state index in [2.05, 4.69) is 10.3 Å². The lowest BCUT2D eigenvalue weighted by Crippen LogP contribution is -2.26. The number of amides is 1. The summed E-state index contributed by atoms with van der Waals surface area (Å²) in [5, 5.41) is 3.77. The Bertz CT molecular complexity index is 728. The normalized spacial score (nSPS) is 16.1. The molecule has 0 saturated heterocycles. The highest BCUT2D eigenvalue weighted by molar-refractivity contribution is 6.08. The van der Waals surface area contributed by atoms with Gasteiger partial charge in [0.1, 0.15) is 5.69 Å². The summed E-state index contributed by atoms with van der Waals surface area (Å²) in [6.45, 7) is 5.89. The van der Waals surface area contributed by atoms with Gasteiger partial charge in [-0.15, -0.1) is 0 Å². The van der Waals surface area contributed by atoms with E-state index in [-0.39, 0.29) is 11.9 Å². The Kier molecular flexibility index (Phi) is 2.61. The number of aromatic nitrogens is 1. The molecule has 20 heavy (non-hydrogen) atoms. The largest absolute Gasteiger partial charge is 0.461 e. The minimum Gasteiger partial charge on any atom is -0.461 e. The third-order valence-electron chi connectivity index (χ3n) is 3.74. The minimum absolute atomic E-state index is 0.00855. The van der Waals surface area contributed by atoms with Crippen molar-refractivity contribution in [1.29, 1.82) is 0 Å². The summed E-state index contributed by atoms with van der Waals surface area (Å²) in [5.41, 5.74) is 2.43. The number of ether oxygens (including phenoxy) is 1. The van der Waals surface area contributed by atoms with Crippen LogP contribution in [0.2, 0.25) is 0 Å². The van der Waals surface area contributed by atoms with E-state index in [0.717, 1.165) is 22.2 Å². The molecule has 0 fully saturated rings. The molecule has 1 aromatic carbocycles. The second-order valence-electron chi connectivity index (χ2n) is 5.47. The predicted molar refractivity (Wildman–Crippen MR) is 75.9 cm³/mol.